The Hall–Kier alpha value is -2.36. The number of nitrogens with zero attached hydrogens (tertiary/aromatic N) is 3. The molecule has 0 radical (unpaired) electrons. The minimum atomic E-state index is 0.862. The Morgan fingerprint density at radius 1 is 1.17 bits per heavy atom. The van der Waals surface area contributed by atoms with Gasteiger partial charge in [0.1, 0.15) is 0 Å². The van der Waals surface area contributed by atoms with Crippen molar-refractivity contribution in [2.24, 2.45) is 0 Å². The fourth-order valence-corrected chi connectivity index (χ4v) is 1.97. The molecule has 1 N–H and O–H groups in total. The first kappa shape index (κ1) is 10.8. The smallest absolute Gasteiger partial charge is 0.207 e. The highest BCUT2D eigenvalue weighted by Crippen LogP contribution is 2.20. The number of fused-ring (bicyclic) bond motifs is 1. The molecule has 0 saturated heterocycles. The van der Waals surface area contributed by atoms with Gasteiger partial charge in [0, 0.05) is 36.2 Å². The normalized spacial score (nSPS) is 10.7. The minimum Gasteiger partial charge on any atom is -0.326 e. The van der Waals surface area contributed by atoms with E-state index in [-0.39, 0.29) is 0 Å². The van der Waals surface area contributed by atoms with E-state index >= 15 is 0 Å². The van der Waals surface area contributed by atoms with Crippen LogP contribution in [0.2, 0.25) is 0 Å². The summed E-state index contributed by atoms with van der Waals surface area (Å²) in [6, 6.07) is 10.1. The molecule has 0 aliphatic carbocycles. The van der Waals surface area contributed by atoms with E-state index in [4.69, 9.17) is 0 Å². The Morgan fingerprint density at radius 3 is 3.00 bits per heavy atom. The average molecular weight is 238 g/mol. The summed E-state index contributed by atoms with van der Waals surface area (Å²) in [5.74, 6) is 0.862. The predicted molar refractivity (Wildman–Crippen MR) is 72.9 cm³/mol. The highest BCUT2D eigenvalue weighted by atomic mass is 15.2. The van der Waals surface area contributed by atoms with Crippen molar-refractivity contribution in [2.45, 2.75) is 13.5 Å². The lowest BCUT2D eigenvalue weighted by Gasteiger charge is -2.08. The van der Waals surface area contributed by atoms with Gasteiger partial charge in [-0.25, -0.2) is 4.98 Å². The van der Waals surface area contributed by atoms with Crippen LogP contribution in [0.1, 0.15) is 6.92 Å². The molecule has 3 aromatic rings. The second-order valence-corrected chi connectivity index (χ2v) is 4.07. The van der Waals surface area contributed by atoms with Crippen LogP contribution in [0, 0.1) is 0 Å². The number of hydrogen-bond acceptors (Lipinski definition) is 3. The number of anilines is 2. The van der Waals surface area contributed by atoms with Crippen LogP contribution in [0.15, 0.2) is 48.9 Å². The molecule has 0 unspecified atom stereocenters. The molecule has 1 aromatic carbocycles. The molecule has 0 bridgehead atoms. The summed E-state index contributed by atoms with van der Waals surface area (Å²) in [5, 5.41) is 4.44. The third-order valence-corrected chi connectivity index (χ3v) is 2.92. The third-order valence-electron chi connectivity index (χ3n) is 2.92. The zero-order valence-electron chi connectivity index (χ0n) is 10.2. The molecule has 0 spiro atoms. The Bertz CT molecular complexity index is 672. The molecule has 2 heterocycles. The molecule has 0 saturated carbocycles. The van der Waals surface area contributed by atoms with E-state index in [9.17, 15) is 0 Å². The molecule has 0 fully saturated rings. The first-order valence-electron chi connectivity index (χ1n) is 6.00. The number of nitrogens with one attached hydrogen (secondary N) is 1. The maximum absolute atomic E-state index is 4.30. The fourth-order valence-electron chi connectivity index (χ4n) is 1.97. The van der Waals surface area contributed by atoms with Crippen LogP contribution in [0.5, 0.6) is 0 Å². The SMILES string of the molecule is CCn1ccnc1Nc1ccc2ncccc2c1. The number of benzene rings is 1. The van der Waals surface area contributed by atoms with E-state index in [1.807, 2.05) is 24.4 Å². The first-order valence-corrected chi connectivity index (χ1v) is 6.00. The Labute approximate surface area is 105 Å². The van der Waals surface area contributed by atoms with Gasteiger partial charge in [0.15, 0.2) is 0 Å². The highest BCUT2D eigenvalue weighted by Gasteiger charge is 2.02. The van der Waals surface area contributed by atoms with Gasteiger partial charge < -0.3 is 9.88 Å². The fraction of sp³-hybridized carbons (Fsp3) is 0.143. The summed E-state index contributed by atoms with van der Waals surface area (Å²) in [5.41, 5.74) is 2.03. The van der Waals surface area contributed by atoms with Gasteiger partial charge in [0.05, 0.1) is 5.52 Å². The second kappa shape index (κ2) is 4.49. The van der Waals surface area contributed by atoms with E-state index in [1.54, 1.807) is 12.4 Å². The largest absolute Gasteiger partial charge is 0.326 e. The van der Waals surface area contributed by atoms with Gasteiger partial charge in [-0.1, -0.05) is 6.07 Å². The van der Waals surface area contributed by atoms with Crippen molar-refractivity contribution in [1.29, 1.82) is 0 Å². The van der Waals surface area contributed by atoms with Crippen molar-refractivity contribution in [2.75, 3.05) is 5.32 Å². The lowest BCUT2D eigenvalue weighted by Crippen LogP contribution is -2.01. The van der Waals surface area contributed by atoms with Gasteiger partial charge >= 0.3 is 0 Å². The maximum Gasteiger partial charge on any atom is 0.207 e. The summed E-state index contributed by atoms with van der Waals surface area (Å²) in [6.07, 6.45) is 5.57. The Balaban J connectivity index is 1.95. The van der Waals surface area contributed by atoms with E-state index in [2.05, 4.69) is 38.9 Å². The quantitative estimate of drug-likeness (QED) is 0.762. The topological polar surface area (TPSA) is 42.7 Å². The number of imidazole rings is 1. The monoisotopic (exact) mass is 238 g/mol. The van der Waals surface area contributed by atoms with E-state index in [0.717, 1.165) is 29.1 Å². The molecular weight excluding hydrogens is 224 g/mol. The summed E-state index contributed by atoms with van der Waals surface area (Å²) < 4.78 is 2.06. The van der Waals surface area contributed by atoms with Gasteiger partial charge in [0.25, 0.3) is 0 Å². The molecule has 4 nitrogen and oxygen atoms in total. The lowest BCUT2D eigenvalue weighted by molar-refractivity contribution is 0.772. The molecule has 0 aliphatic rings. The van der Waals surface area contributed by atoms with E-state index in [0.29, 0.717) is 0 Å². The molecule has 90 valence electrons. The lowest BCUT2D eigenvalue weighted by atomic mass is 10.2. The van der Waals surface area contributed by atoms with Crippen LogP contribution < -0.4 is 5.32 Å². The molecule has 3 rings (SSSR count). The van der Waals surface area contributed by atoms with E-state index < -0.39 is 0 Å². The van der Waals surface area contributed by atoms with Crippen molar-refractivity contribution >= 4 is 22.5 Å². The van der Waals surface area contributed by atoms with Gasteiger partial charge in [-0.2, -0.15) is 0 Å². The zero-order chi connectivity index (χ0) is 12.4. The standard InChI is InChI=1S/C14H14N4/c1-2-18-9-8-16-14(18)17-12-5-6-13-11(10-12)4-3-7-15-13/h3-10H,2H2,1H3,(H,16,17). The van der Waals surface area contributed by atoms with Crippen LogP contribution >= 0.6 is 0 Å². The van der Waals surface area contributed by atoms with Gasteiger partial charge in [-0.15, -0.1) is 0 Å². The number of aromatic nitrogens is 3. The molecule has 0 atom stereocenters. The number of aryl methyl sites for hydroxylation is 1. The molecule has 4 heteroatoms. The van der Waals surface area contributed by atoms with Crippen LogP contribution in [0.25, 0.3) is 10.9 Å². The molecule has 0 amide bonds. The molecule has 18 heavy (non-hydrogen) atoms. The van der Waals surface area contributed by atoms with Gasteiger partial charge in [0.2, 0.25) is 5.95 Å². The molecule has 0 aliphatic heterocycles. The van der Waals surface area contributed by atoms with Crippen molar-refractivity contribution in [1.82, 2.24) is 14.5 Å². The zero-order valence-corrected chi connectivity index (χ0v) is 10.2. The van der Waals surface area contributed by atoms with Crippen LogP contribution in [-0.4, -0.2) is 14.5 Å². The minimum absolute atomic E-state index is 0.862. The molecular formula is C14H14N4. The van der Waals surface area contributed by atoms with Crippen molar-refractivity contribution < 1.29 is 0 Å². The number of hydrogen-bond donors (Lipinski definition) is 1. The second-order valence-electron chi connectivity index (χ2n) is 4.07. The highest BCUT2D eigenvalue weighted by molar-refractivity contribution is 5.82. The van der Waals surface area contributed by atoms with Crippen molar-refractivity contribution in [3.8, 4) is 0 Å². The predicted octanol–water partition coefficient (Wildman–Crippen LogP) is 3.19. The van der Waals surface area contributed by atoms with Crippen LogP contribution in [0.4, 0.5) is 11.6 Å². The van der Waals surface area contributed by atoms with E-state index in [1.165, 1.54) is 0 Å². The van der Waals surface area contributed by atoms with Crippen molar-refractivity contribution in [3.63, 3.8) is 0 Å². The molecule has 2 aromatic heterocycles. The average Bonchev–Trinajstić information content (AvgIpc) is 2.86. The maximum atomic E-state index is 4.30. The summed E-state index contributed by atoms with van der Waals surface area (Å²) in [4.78, 5) is 8.60. The third kappa shape index (κ3) is 1.93. The van der Waals surface area contributed by atoms with Crippen LogP contribution in [-0.2, 0) is 6.54 Å². The Kier molecular flexibility index (Phi) is 2.68. The summed E-state index contributed by atoms with van der Waals surface area (Å²) in [6.45, 7) is 2.99. The summed E-state index contributed by atoms with van der Waals surface area (Å²) in [7, 11) is 0. The first-order chi connectivity index (χ1) is 8.86. The number of pyridine rings is 1. The van der Waals surface area contributed by atoms with Gasteiger partial charge in [-0.3, -0.25) is 4.98 Å². The van der Waals surface area contributed by atoms with Crippen molar-refractivity contribution in [3.05, 3.63) is 48.9 Å². The number of rotatable bonds is 3. The van der Waals surface area contributed by atoms with Gasteiger partial charge in [-0.05, 0) is 31.2 Å². The summed E-state index contributed by atoms with van der Waals surface area (Å²) >= 11 is 0. The Morgan fingerprint density at radius 2 is 2.11 bits per heavy atom. The van der Waals surface area contributed by atoms with Crippen LogP contribution in [0.3, 0.4) is 0 Å².